The number of hydrogen-bond donors (Lipinski definition) is 0. The molecule has 1 aliphatic carbocycles. The number of para-hydroxylation sites is 1. The van der Waals surface area contributed by atoms with Gasteiger partial charge in [0.1, 0.15) is 17.5 Å². The Hall–Kier alpha value is -3.35. The van der Waals surface area contributed by atoms with E-state index in [1.54, 1.807) is 48.4 Å². The monoisotopic (exact) mass is 422 g/mol. The Morgan fingerprint density at radius 1 is 1.00 bits per heavy atom. The van der Waals surface area contributed by atoms with E-state index < -0.39 is 6.04 Å². The van der Waals surface area contributed by atoms with Crippen molar-refractivity contribution >= 4 is 23.4 Å². The minimum absolute atomic E-state index is 0.0154. The number of rotatable bonds is 7. The van der Waals surface area contributed by atoms with Crippen LogP contribution in [0.2, 0.25) is 0 Å². The van der Waals surface area contributed by atoms with Gasteiger partial charge in [-0.25, -0.2) is 4.90 Å². The van der Waals surface area contributed by atoms with Crippen LogP contribution in [0.3, 0.4) is 0 Å². The molecule has 2 aromatic rings. The zero-order valence-electron chi connectivity index (χ0n) is 17.5. The van der Waals surface area contributed by atoms with E-state index in [1.807, 2.05) is 18.2 Å². The fraction of sp³-hybridized carbons (Fsp3) is 0.375. The molecular weight excluding hydrogens is 396 g/mol. The maximum atomic E-state index is 13.3. The number of imide groups is 1. The Balaban J connectivity index is 1.54. The number of anilines is 1. The quantitative estimate of drug-likeness (QED) is 0.641. The number of carbonyl (C=O) groups is 3. The lowest BCUT2D eigenvalue weighted by atomic mass is 10.1. The van der Waals surface area contributed by atoms with E-state index in [9.17, 15) is 14.4 Å². The Morgan fingerprint density at radius 2 is 1.68 bits per heavy atom. The highest BCUT2D eigenvalue weighted by atomic mass is 16.5. The van der Waals surface area contributed by atoms with Gasteiger partial charge in [-0.05, 0) is 49.2 Å². The molecule has 2 aromatic carbocycles. The van der Waals surface area contributed by atoms with Gasteiger partial charge in [-0.15, -0.1) is 0 Å². The van der Waals surface area contributed by atoms with Gasteiger partial charge < -0.3 is 14.4 Å². The normalized spacial score (nSPS) is 19.0. The first-order valence-electron chi connectivity index (χ1n) is 10.6. The van der Waals surface area contributed by atoms with Crippen molar-refractivity contribution in [2.45, 2.75) is 44.2 Å². The average Bonchev–Trinajstić information content (AvgIpc) is 3.42. The molecule has 31 heavy (non-hydrogen) atoms. The molecule has 1 saturated carbocycles. The number of amides is 3. The number of nitrogens with zero attached hydrogens (tertiary/aromatic N) is 2. The molecule has 0 spiro atoms. The Kier molecular flexibility index (Phi) is 6.21. The van der Waals surface area contributed by atoms with Crippen LogP contribution in [0.15, 0.2) is 54.6 Å². The molecule has 3 amide bonds. The van der Waals surface area contributed by atoms with E-state index in [1.165, 1.54) is 4.90 Å². The molecule has 1 atom stereocenters. The molecule has 0 N–H and O–H groups in total. The highest BCUT2D eigenvalue weighted by Gasteiger charge is 2.46. The van der Waals surface area contributed by atoms with Crippen molar-refractivity contribution in [3.8, 4) is 11.5 Å². The lowest BCUT2D eigenvalue weighted by molar-refractivity contribution is -0.142. The third-order valence-electron chi connectivity index (χ3n) is 5.90. The zero-order valence-corrected chi connectivity index (χ0v) is 17.5. The molecule has 7 nitrogen and oxygen atoms in total. The predicted octanol–water partition coefficient (Wildman–Crippen LogP) is 3.18. The maximum Gasteiger partial charge on any atom is 0.261 e. The van der Waals surface area contributed by atoms with Crippen molar-refractivity contribution in [1.29, 1.82) is 0 Å². The smallest absolute Gasteiger partial charge is 0.261 e. The van der Waals surface area contributed by atoms with Crippen molar-refractivity contribution in [1.82, 2.24) is 4.90 Å². The molecule has 4 rings (SSSR count). The van der Waals surface area contributed by atoms with Gasteiger partial charge >= 0.3 is 0 Å². The minimum atomic E-state index is -0.801. The molecular formula is C24H26N2O5. The van der Waals surface area contributed by atoms with Gasteiger partial charge in [0.05, 0.1) is 19.2 Å². The Morgan fingerprint density at radius 3 is 2.32 bits per heavy atom. The van der Waals surface area contributed by atoms with E-state index in [-0.39, 0.29) is 36.8 Å². The maximum absolute atomic E-state index is 13.3. The van der Waals surface area contributed by atoms with Crippen molar-refractivity contribution < 1.29 is 23.9 Å². The second-order valence-electron chi connectivity index (χ2n) is 7.83. The molecule has 1 unspecified atom stereocenters. The van der Waals surface area contributed by atoms with Crippen LogP contribution in [0, 0.1) is 0 Å². The van der Waals surface area contributed by atoms with Gasteiger partial charge in [0, 0.05) is 6.04 Å². The highest BCUT2D eigenvalue weighted by molar-refractivity contribution is 6.23. The van der Waals surface area contributed by atoms with Crippen LogP contribution >= 0.6 is 0 Å². The molecule has 162 valence electrons. The highest BCUT2D eigenvalue weighted by Crippen LogP contribution is 2.32. The number of carbonyl (C=O) groups excluding carboxylic acids is 3. The number of benzene rings is 2. The summed E-state index contributed by atoms with van der Waals surface area (Å²) in [6.07, 6.45) is 3.66. The molecule has 2 fully saturated rings. The van der Waals surface area contributed by atoms with Gasteiger partial charge in [0.2, 0.25) is 5.91 Å². The third-order valence-corrected chi connectivity index (χ3v) is 5.90. The topological polar surface area (TPSA) is 76.2 Å². The number of methoxy groups -OCH3 is 1. The lowest BCUT2D eigenvalue weighted by Crippen LogP contribution is -2.51. The fourth-order valence-electron chi connectivity index (χ4n) is 4.39. The van der Waals surface area contributed by atoms with Crippen LogP contribution in [0.25, 0.3) is 0 Å². The fourth-order valence-corrected chi connectivity index (χ4v) is 4.39. The minimum Gasteiger partial charge on any atom is -0.497 e. The third kappa shape index (κ3) is 4.40. The van der Waals surface area contributed by atoms with Crippen molar-refractivity contribution in [2.75, 3.05) is 18.6 Å². The van der Waals surface area contributed by atoms with Crippen LogP contribution in [0.4, 0.5) is 5.69 Å². The van der Waals surface area contributed by atoms with Crippen molar-refractivity contribution in [2.24, 2.45) is 0 Å². The summed E-state index contributed by atoms with van der Waals surface area (Å²) in [6.45, 7) is -0.166. The first kappa shape index (κ1) is 20.9. The summed E-state index contributed by atoms with van der Waals surface area (Å²) in [4.78, 5) is 42.0. The van der Waals surface area contributed by atoms with E-state index in [0.717, 1.165) is 25.7 Å². The number of ether oxygens (including phenoxy) is 2. The summed E-state index contributed by atoms with van der Waals surface area (Å²) in [6, 6.07) is 15.0. The largest absolute Gasteiger partial charge is 0.497 e. The first-order valence-corrected chi connectivity index (χ1v) is 10.6. The number of hydrogen-bond acceptors (Lipinski definition) is 5. The van der Waals surface area contributed by atoms with Crippen LogP contribution in [-0.4, -0.2) is 48.4 Å². The predicted molar refractivity (Wildman–Crippen MR) is 115 cm³/mol. The van der Waals surface area contributed by atoms with Crippen LogP contribution < -0.4 is 14.4 Å². The van der Waals surface area contributed by atoms with Gasteiger partial charge in [-0.1, -0.05) is 31.0 Å². The van der Waals surface area contributed by atoms with Crippen LogP contribution in [0.1, 0.15) is 32.1 Å². The van der Waals surface area contributed by atoms with E-state index in [4.69, 9.17) is 9.47 Å². The van der Waals surface area contributed by atoms with Crippen molar-refractivity contribution in [3.05, 3.63) is 54.6 Å². The molecule has 1 aliphatic heterocycles. The summed E-state index contributed by atoms with van der Waals surface area (Å²) in [5.41, 5.74) is 0.484. The Labute approximate surface area is 181 Å². The molecule has 0 aromatic heterocycles. The second kappa shape index (κ2) is 9.20. The standard InChI is InChI=1S/C24H26N2O5/c1-30-19-13-11-18(12-14-19)26-22(27)15-21(24(26)29)25(17-7-5-6-8-17)23(28)16-31-20-9-3-2-4-10-20/h2-4,9-14,17,21H,5-8,15-16H2,1H3. The molecule has 7 heteroatoms. The first-order chi connectivity index (χ1) is 15.1. The zero-order chi connectivity index (χ0) is 21.8. The summed E-state index contributed by atoms with van der Waals surface area (Å²) >= 11 is 0. The van der Waals surface area contributed by atoms with E-state index >= 15 is 0 Å². The average molecular weight is 422 g/mol. The van der Waals surface area contributed by atoms with E-state index in [2.05, 4.69) is 0 Å². The molecule has 2 aliphatic rings. The van der Waals surface area contributed by atoms with Crippen LogP contribution in [0.5, 0.6) is 11.5 Å². The Bertz CT molecular complexity index is 938. The molecule has 0 bridgehead atoms. The SMILES string of the molecule is COc1ccc(N2C(=O)CC(N(C(=O)COc3ccccc3)C3CCCC3)C2=O)cc1. The summed E-state index contributed by atoms with van der Waals surface area (Å²) in [5.74, 6) is 0.296. The van der Waals surface area contributed by atoms with Gasteiger partial charge in [0.25, 0.3) is 11.8 Å². The van der Waals surface area contributed by atoms with Crippen LogP contribution in [-0.2, 0) is 14.4 Å². The van der Waals surface area contributed by atoms with Crippen molar-refractivity contribution in [3.63, 3.8) is 0 Å². The van der Waals surface area contributed by atoms with Gasteiger partial charge in [-0.2, -0.15) is 0 Å². The van der Waals surface area contributed by atoms with E-state index in [0.29, 0.717) is 17.2 Å². The lowest BCUT2D eigenvalue weighted by Gasteiger charge is -2.33. The second-order valence-corrected chi connectivity index (χ2v) is 7.83. The van der Waals surface area contributed by atoms with Gasteiger partial charge in [0.15, 0.2) is 6.61 Å². The summed E-state index contributed by atoms with van der Waals surface area (Å²) in [7, 11) is 1.56. The molecule has 0 radical (unpaired) electrons. The van der Waals surface area contributed by atoms with Gasteiger partial charge in [-0.3, -0.25) is 14.4 Å². The molecule has 1 heterocycles. The summed E-state index contributed by atoms with van der Waals surface area (Å²) < 4.78 is 10.8. The summed E-state index contributed by atoms with van der Waals surface area (Å²) in [5, 5.41) is 0. The molecule has 1 saturated heterocycles.